The van der Waals surface area contributed by atoms with Gasteiger partial charge in [-0.2, -0.15) is 0 Å². The summed E-state index contributed by atoms with van der Waals surface area (Å²) in [6.45, 7) is 6.97. The van der Waals surface area contributed by atoms with Gasteiger partial charge in [-0.3, -0.25) is 0 Å². The van der Waals surface area contributed by atoms with E-state index < -0.39 is 22.8 Å². The first kappa shape index (κ1) is 19.8. The van der Waals surface area contributed by atoms with Crippen LogP contribution in [0.3, 0.4) is 0 Å². The van der Waals surface area contributed by atoms with Crippen molar-refractivity contribution in [3.8, 4) is 0 Å². The Hall–Kier alpha value is -0.227. The van der Waals surface area contributed by atoms with Crippen molar-refractivity contribution in [3.05, 3.63) is 64.8 Å². The van der Waals surface area contributed by atoms with Crippen LogP contribution in [-0.4, -0.2) is 3.21 Å². The monoisotopic (exact) mass is 409 g/mol. The van der Waals surface area contributed by atoms with E-state index in [1.54, 1.807) is 25.5 Å². The predicted octanol–water partition coefficient (Wildman–Crippen LogP) is -0.906. The zero-order chi connectivity index (χ0) is 14.1. The molecule has 2 aliphatic rings. The molecule has 0 fully saturated rings. The fraction of sp³-hybridized carbons (Fsp3) is 0.316. The first-order valence-corrected chi connectivity index (χ1v) is 10.1. The Balaban J connectivity index is 0.00000121. The van der Waals surface area contributed by atoms with Crippen LogP contribution < -0.4 is 24.8 Å². The standard InChI is InChI=1S/C16H15.C3H6.2ClH.Zr/c1-2-14-15-10-6-5-9-13(15)11-16(14)12-7-3-4-8-12;1-3-2;;;/h3-7,9-11H,2,8H2,1H3;1-2H3;2*1H;/q;;;;+2/p-2. The number of fused-ring (bicyclic) bond motifs is 1. The Morgan fingerprint density at radius 1 is 1.18 bits per heavy atom. The molecular weight excluding hydrogens is 390 g/mol. The molecule has 3 rings (SSSR count). The summed E-state index contributed by atoms with van der Waals surface area (Å²) in [6.07, 6.45) is 9.15. The second kappa shape index (κ2) is 8.58. The quantitative estimate of drug-likeness (QED) is 0.605. The number of halogens is 2. The summed E-state index contributed by atoms with van der Waals surface area (Å²) in [4.78, 5) is 0. The van der Waals surface area contributed by atoms with Crippen LogP contribution in [0.25, 0.3) is 5.57 Å². The molecule has 0 bridgehead atoms. The number of allylic oxidation sites excluding steroid dienone is 6. The van der Waals surface area contributed by atoms with Crippen molar-refractivity contribution in [1.82, 2.24) is 0 Å². The van der Waals surface area contributed by atoms with Crippen molar-refractivity contribution in [2.45, 2.75) is 37.2 Å². The van der Waals surface area contributed by atoms with Crippen LogP contribution in [-0.2, 0) is 22.8 Å². The Bertz CT molecular complexity index is 662. The second-order valence-corrected chi connectivity index (χ2v) is 10.3. The maximum Gasteiger partial charge on any atom is -1.00 e. The topological polar surface area (TPSA) is 0 Å². The van der Waals surface area contributed by atoms with Crippen molar-refractivity contribution < 1.29 is 47.6 Å². The fourth-order valence-electron chi connectivity index (χ4n) is 3.34. The average molecular weight is 412 g/mol. The van der Waals surface area contributed by atoms with Gasteiger partial charge in [-0.15, -0.1) is 0 Å². The summed E-state index contributed by atoms with van der Waals surface area (Å²) in [5.41, 5.74) is 8.02. The molecule has 0 aliphatic heterocycles. The van der Waals surface area contributed by atoms with Crippen molar-refractivity contribution in [2.24, 2.45) is 0 Å². The van der Waals surface area contributed by atoms with Gasteiger partial charge in [0.25, 0.3) is 0 Å². The first-order valence-electron chi connectivity index (χ1n) is 7.47. The summed E-state index contributed by atoms with van der Waals surface area (Å²) in [7, 11) is 0. The molecule has 0 spiro atoms. The van der Waals surface area contributed by atoms with Gasteiger partial charge in [0, 0.05) is 0 Å². The van der Waals surface area contributed by atoms with E-state index >= 15 is 0 Å². The maximum absolute atomic E-state index is 2.37. The summed E-state index contributed by atoms with van der Waals surface area (Å²) in [6, 6.07) is 9.12. The molecule has 1 unspecified atom stereocenters. The van der Waals surface area contributed by atoms with Gasteiger partial charge in [0.2, 0.25) is 0 Å². The number of benzene rings is 1. The minimum absolute atomic E-state index is 0. The van der Waals surface area contributed by atoms with Crippen LogP contribution in [0.5, 0.6) is 0 Å². The Labute approximate surface area is 157 Å². The van der Waals surface area contributed by atoms with Crippen molar-refractivity contribution in [2.75, 3.05) is 0 Å². The molecule has 1 atom stereocenters. The van der Waals surface area contributed by atoms with Gasteiger partial charge in [-0.05, 0) is 0 Å². The summed E-state index contributed by atoms with van der Waals surface area (Å²) < 4.78 is 2.43. The van der Waals surface area contributed by atoms with Gasteiger partial charge in [-0.25, -0.2) is 0 Å². The SMILES string of the molecule is CCC1=C(C2=CC=CC2)[CH]([Zr+2]=[C](C)C)c2ccccc21.[Cl-].[Cl-]. The van der Waals surface area contributed by atoms with Crippen LogP contribution in [0, 0.1) is 0 Å². The number of hydrogen-bond donors (Lipinski definition) is 0. The van der Waals surface area contributed by atoms with Gasteiger partial charge >= 0.3 is 134 Å². The smallest absolute Gasteiger partial charge is 1.00 e. The third-order valence-corrected chi connectivity index (χ3v) is 7.72. The Morgan fingerprint density at radius 2 is 1.91 bits per heavy atom. The van der Waals surface area contributed by atoms with Gasteiger partial charge in [-0.1, -0.05) is 0 Å². The van der Waals surface area contributed by atoms with E-state index in [4.69, 9.17) is 0 Å². The molecule has 0 amide bonds. The molecule has 22 heavy (non-hydrogen) atoms. The zero-order valence-corrected chi connectivity index (χ0v) is 17.3. The van der Waals surface area contributed by atoms with Gasteiger partial charge in [0.05, 0.1) is 0 Å². The van der Waals surface area contributed by atoms with Crippen molar-refractivity contribution >= 4 is 8.78 Å². The molecule has 0 heterocycles. The molecule has 3 heteroatoms. The molecular formula is C19H21Cl2Zr. The van der Waals surface area contributed by atoms with Crippen LogP contribution in [0.1, 0.15) is 48.4 Å². The predicted molar refractivity (Wildman–Crippen MR) is 84.6 cm³/mol. The van der Waals surface area contributed by atoms with E-state index in [2.05, 4.69) is 63.3 Å². The summed E-state index contributed by atoms with van der Waals surface area (Å²) >= 11 is -0.530. The third-order valence-electron chi connectivity index (χ3n) is 4.11. The van der Waals surface area contributed by atoms with Gasteiger partial charge in [0.15, 0.2) is 0 Å². The summed E-state index contributed by atoms with van der Waals surface area (Å²) in [5, 5.41) is 0. The molecule has 0 radical (unpaired) electrons. The minimum Gasteiger partial charge on any atom is -1.00 e. The molecule has 1 aromatic rings. The molecule has 0 aromatic heterocycles. The maximum atomic E-state index is 2.37. The number of hydrogen-bond acceptors (Lipinski definition) is 0. The van der Waals surface area contributed by atoms with Crippen LogP contribution in [0.15, 0.2) is 53.6 Å². The Morgan fingerprint density at radius 3 is 2.50 bits per heavy atom. The largest absolute Gasteiger partial charge is 1.00 e. The molecule has 1 aromatic carbocycles. The van der Waals surface area contributed by atoms with Crippen LogP contribution in [0.2, 0.25) is 0 Å². The fourth-order valence-corrected chi connectivity index (χ4v) is 7.00. The van der Waals surface area contributed by atoms with E-state index in [1.807, 2.05) is 0 Å². The van der Waals surface area contributed by atoms with Gasteiger partial charge < -0.3 is 24.8 Å². The zero-order valence-electron chi connectivity index (χ0n) is 13.3. The van der Waals surface area contributed by atoms with E-state index in [0.717, 1.165) is 16.5 Å². The molecule has 2 aliphatic carbocycles. The molecule has 0 N–H and O–H groups in total. The van der Waals surface area contributed by atoms with Crippen LogP contribution in [0.4, 0.5) is 0 Å². The van der Waals surface area contributed by atoms with E-state index in [1.165, 1.54) is 5.56 Å². The van der Waals surface area contributed by atoms with Crippen LogP contribution >= 0.6 is 0 Å². The number of rotatable bonds is 3. The van der Waals surface area contributed by atoms with Crippen molar-refractivity contribution in [3.63, 3.8) is 0 Å². The molecule has 115 valence electrons. The normalized spacial score (nSPS) is 18.1. The molecule has 0 saturated heterocycles. The summed E-state index contributed by atoms with van der Waals surface area (Å²) in [5.74, 6) is 0. The first-order chi connectivity index (χ1) is 9.72. The van der Waals surface area contributed by atoms with E-state index in [9.17, 15) is 0 Å². The molecule has 0 nitrogen and oxygen atoms in total. The minimum atomic E-state index is -0.530. The van der Waals surface area contributed by atoms with Gasteiger partial charge in [0.1, 0.15) is 0 Å². The van der Waals surface area contributed by atoms with Crippen molar-refractivity contribution in [1.29, 1.82) is 0 Å². The average Bonchev–Trinajstić information content (AvgIpc) is 3.04. The third kappa shape index (κ3) is 3.64. The Kier molecular flexibility index (Phi) is 7.73. The van der Waals surface area contributed by atoms with E-state index in [-0.39, 0.29) is 24.8 Å². The molecule has 0 saturated carbocycles. The van der Waals surface area contributed by atoms with E-state index in [0.29, 0.717) is 0 Å². The second-order valence-electron chi connectivity index (χ2n) is 5.73.